The van der Waals surface area contributed by atoms with Gasteiger partial charge in [0.2, 0.25) is 0 Å². The molecule has 74 valence electrons. The number of carboxylic acid groups (broad SMARTS) is 1. The summed E-state index contributed by atoms with van der Waals surface area (Å²) < 4.78 is 1.09. The van der Waals surface area contributed by atoms with E-state index in [0.717, 1.165) is 9.13 Å². The summed E-state index contributed by atoms with van der Waals surface area (Å²) >= 11 is 2.23. The standard InChI is InChI=1S/C11H11IO2/c1-6-4-9(7-2-3-7)10(12)5-8(6)11(13)14/h4-5,7H,2-3H2,1H3,(H,13,14). The molecule has 1 saturated carbocycles. The van der Waals surface area contributed by atoms with E-state index in [1.165, 1.54) is 18.4 Å². The minimum atomic E-state index is -0.831. The zero-order valence-corrected chi connectivity index (χ0v) is 10.0. The van der Waals surface area contributed by atoms with E-state index in [1.807, 2.05) is 13.0 Å². The Bertz CT molecular complexity index is 395. The molecule has 0 unspecified atom stereocenters. The Morgan fingerprint density at radius 1 is 1.50 bits per heavy atom. The minimum absolute atomic E-state index is 0.429. The average Bonchev–Trinajstić information content (AvgIpc) is 2.91. The third-order valence-electron chi connectivity index (χ3n) is 2.59. The lowest BCUT2D eigenvalue weighted by molar-refractivity contribution is 0.0696. The molecule has 0 heterocycles. The number of rotatable bonds is 2. The first-order chi connectivity index (χ1) is 6.59. The average molecular weight is 302 g/mol. The Balaban J connectivity index is 2.48. The Morgan fingerprint density at radius 2 is 2.14 bits per heavy atom. The van der Waals surface area contributed by atoms with Crippen LogP contribution in [0.5, 0.6) is 0 Å². The Kier molecular flexibility index (Phi) is 2.51. The summed E-state index contributed by atoms with van der Waals surface area (Å²) in [5, 5.41) is 8.93. The largest absolute Gasteiger partial charge is 0.478 e. The lowest BCUT2D eigenvalue weighted by Gasteiger charge is -2.07. The highest BCUT2D eigenvalue weighted by Crippen LogP contribution is 2.42. The van der Waals surface area contributed by atoms with Gasteiger partial charge < -0.3 is 5.11 Å². The second-order valence-electron chi connectivity index (χ2n) is 3.77. The van der Waals surface area contributed by atoms with E-state index in [4.69, 9.17) is 5.11 Å². The number of aryl methyl sites for hydroxylation is 1. The van der Waals surface area contributed by atoms with Crippen molar-refractivity contribution in [1.82, 2.24) is 0 Å². The van der Waals surface area contributed by atoms with Gasteiger partial charge in [-0.2, -0.15) is 0 Å². The van der Waals surface area contributed by atoms with Gasteiger partial charge in [-0.15, -0.1) is 0 Å². The maximum atomic E-state index is 10.9. The van der Waals surface area contributed by atoms with Crippen molar-refractivity contribution in [3.63, 3.8) is 0 Å². The molecule has 0 radical (unpaired) electrons. The molecule has 2 rings (SSSR count). The summed E-state index contributed by atoms with van der Waals surface area (Å²) in [5.74, 6) is -0.147. The molecule has 3 heteroatoms. The van der Waals surface area contributed by atoms with Crippen LogP contribution in [-0.2, 0) is 0 Å². The van der Waals surface area contributed by atoms with Gasteiger partial charge in [-0.3, -0.25) is 0 Å². The van der Waals surface area contributed by atoms with Gasteiger partial charge in [0.1, 0.15) is 0 Å². The van der Waals surface area contributed by atoms with Crippen molar-refractivity contribution in [2.75, 3.05) is 0 Å². The minimum Gasteiger partial charge on any atom is -0.478 e. The van der Waals surface area contributed by atoms with Crippen LogP contribution in [0.2, 0.25) is 0 Å². The Hall–Kier alpha value is -0.580. The van der Waals surface area contributed by atoms with Crippen LogP contribution in [0.1, 0.15) is 40.2 Å². The van der Waals surface area contributed by atoms with Crippen LogP contribution >= 0.6 is 22.6 Å². The molecule has 0 spiro atoms. The summed E-state index contributed by atoms with van der Waals surface area (Å²) in [6, 6.07) is 3.81. The first-order valence-corrected chi connectivity index (χ1v) is 5.71. The van der Waals surface area contributed by atoms with Crippen molar-refractivity contribution >= 4 is 28.6 Å². The molecule has 2 nitrogen and oxygen atoms in total. The van der Waals surface area contributed by atoms with Gasteiger partial charge in [-0.05, 0) is 65.5 Å². The maximum absolute atomic E-state index is 10.9. The number of halogens is 1. The third kappa shape index (κ3) is 1.78. The third-order valence-corrected chi connectivity index (χ3v) is 3.53. The molecule has 1 aromatic rings. The molecular weight excluding hydrogens is 291 g/mol. The van der Waals surface area contributed by atoms with E-state index in [-0.39, 0.29) is 0 Å². The van der Waals surface area contributed by atoms with Crippen LogP contribution < -0.4 is 0 Å². The van der Waals surface area contributed by atoms with Crippen LogP contribution in [-0.4, -0.2) is 11.1 Å². The lowest BCUT2D eigenvalue weighted by Crippen LogP contribution is -2.02. The Morgan fingerprint density at radius 3 is 2.64 bits per heavy atom. The first-order valence-electron chi connectivity index (χ1n) is 4.63. The molecule has 0 saturated heterocycles. The summed E-state index contributed by atoms with van der Waals surface area (Å²) in [4.78, 5) is 10.9. The number of aromatic carboxylic acids is 1. The highest BCUT2D eigenvalue weighted by Gasteiger charge is 2.26. The smallest absolute Gasteiger partial charge is 0.335 e. The van der Waals surface area contributed by atoms with Gasteiger partial charge >= 0.3 is 5.97 Å². The number of hydrogen-bond donors (Lipinski definition) is 1. The van der Waals surface area contributed by atoms with Gasteiger partial charge in [0.05, 0.1) is 5.56 Å². The van der Waals surface area contributed by atoms with Crippen LogP contribution in [0.15, 0.2) is 12.1 Å². The number of carboxylic acids is 1. The molecule has 1 N–H and O–H groups in total. The van der Waals surface area contributed by atoms with Gasteiger partial charge in [-0.25, -0.2) is 4.79 Å². The number of hydrogen-bond acceptors (Lipinski definition) is 1. The second-order valence-corrected chi connectivity index (χ2v) is 4.93. The quantitative estimate of drug-likeness (QED) is 0.852. The van der Waals surface area contributed by atoms with Crippen molar-refractivity contribution in [2.24, 2.45) is 0 Å². The zero-order chi connectivity index (χ0) is 10.3. The normalized spacial score (nSPS) is 15.6. The predicted molar refractivity (Wildman–Crippen MR) is 62.8 cm³/mol. The van der Waals surface area contributed by atoms with Crippen molar-refractivity contribution in [1.29, 1.82) is 0 Å². The van der Waals surface area contributed by atoms with Crippen molar-refractivity contribution in [2.45, 2.75) is 25.7 Å². The molecule has 0 bridgehead atoms. The van der Waals surface area contributed by atoms with Gasteiger partial charge in [0, 0.05) is 3.57 Å². The van der Waals surface area contributed by atoms with Crippen LogP contribution in [0.4, 0.5) is 0 Å². The molecule has 0 aliphatic heterocycles. The van der Waals surface area contributed by atoms with Crippen LogP contribution in [0.3, 0.4) is 0 Å². The fourth-order valence-electron chi connectivity index (χ4n) is 1.64. The molecule has 0 amide bonds. The van der Waals surface area contributed by atoms with Crippen LogP contribution in [0, 0.1) is 10.5 Å². The van der Waals surface area contributed by atoms with Gasteiger partial charge in [-0.1, -0.05) is 6.07 Å². The van der Waals surface area contributed by atoms with E-state index >= 15 is 0 Å². The second kappa shape index (κ2) is 3.53. The van der Waals surface area contributed by atoms with Crippen molar-refractivity contribution in [3.05, 3.63) is 32.4 Å². The van der Waals surface area contributed by atoms with E-state index in [1.54, 1.807) is 6.07 Å². The highest BCUT2D eigenvalue weighted by atomic mass is 127. The fraction of sp³-hybridized carbons (Fsp3) is 0.364. The van der Waals surface area contributed by atoms with Crippen molar-refractivity contribution < 1.29 is 9.90 Å². The molecular formula is C11H11IO2. The van der Waals surface area contributed by atoms with Gasteiger partial charge in [0.15, 0.2) is 0 Å². The van der Waals surface area contributed by atoms with Crippen LogP contribution in [0.25, 0.3) is 0 Å². The summed E-state index contributed by atoms with van der Waals surface area (Å²) in [6.45, 7) is 1.87. The molecule has 1 aromatic carbocycles. The zero-order valence-electron chi connectivity index (χ0n) is 7.88. The Labute approximate surface area is 96.5 Å². The molecule has 0 aromatic heterocycles. The predicted octanol–water partition coefficient (Wildman–Crippen LogP) is 3.18. The summed E-state index contributed by atoms with van der Waals surface area (Å²) in [6.07, 6.45) is 2.50. The monoisotopic (exact) mass is 302 g/mol. The van der Waals surface area contributed by atoms with E-state index in [0.29, 0.717) is 11.5 Å². The van der Waals surface area contributed by atoms with E-state index in [2.05, 4.69) is 22.6 Å². The first kappa shape index (κ1) is 9.96. The topological polar surface area (TPSA) is 37.3 Å². The highest BCUT2D eigenvalue weighted by molar-refractivity contribution is 14.1. The molecule has 1 aliphatic carbocycles. The molecule has 0 atom stereocenters. The van der Waals surface area contributed by atoms with Gasteiger partial charge in [0.25, 0.3) is 0 Å². The fourth-order valence-corrected chi connectivity index (χ4v) is 2.55. The van der Waals surface area contributed by atoms with Crippen molar-refractivity contribution in [3.8, 4) is 0 Å². The SMILES string of the molecule is Cc1cc(C2CC2)c(I)cc1C(=O)O. The molecule has 1 aliphatic rings. The number of carbonyl (C=O) groups is 1. The van der Waals surface area contributed by atoms with E-state index in [9.17, 15) is 4.79 Å². The summed E-state index contributed by atoms with van der Waals surface area (Å²) in [5.41, 5.74) is 2.63. The molecule has 14 heavy (non-hydrogen) atoms. The molecule has 1 fully saturated rings. The maximum Gasteiger partial charge on any atom is 0.335 e. The van der Waals surface area contributed by atoms with E-state index < -0.39 is 5.97 Å². The number of benzene rings is 1. The lowest BCUT2D eigenvalue weighted by atomic mass is 10.0. The summed E-state index contributed by atoms with van der Waals surface area (Å²) in [7, 11) is 0.